The summed E-state index contributed by atoms with van der Waals surface area (Å²) < 4.78 is 28.8. The van der Waals surface area contributed by atoms with Crippen molar-refractivity contribution in [2.45, 2.75) is 24.8 Å². The fraction of sp³-hybridized carbons (Fsp3) is 0.143. The largest absolute Gasteiger partial charge is 0.346 e. The predicted octanol–water partition coefficient (Wildman–Crippen LogP) is 4.44. The molecule has 0 aliphatic rings. The maximum absolute atomic E-state index is 12.8. The molecule has 29 heavy (non-hydrogen) atoms. The molecular formula is C21H20BrN3O3S. The molecule has 8 heteroatoms. The number of anilines is 1. The van der Waals surface area contributed by atoms with Gasteiger partial charge in [0.2, 0.25) is 0 Å². The number of pyridine rings is 1. The van der Waals surface area contributed by atoms with E-state index >= 15 is 0 Å². The Morgan fingerprint density at radius 1 is 1.07 bits per heavy atom. The molecule has 2 N–H and O–H groups in total. The molecule has 0 spiro atoms. The topological polar surface area (TPSA) is 88.2 Å². The first-order valence-electron chi connectivity index (χ1n) is 8.86. The van der Waals surface area contributed by atoms with Gasteiger partial charge in [0.25, 0.3) is 15.9 Å². The maximum atomic E-state index is 12.8. The lowest BCUT2D eigenvalue weighted by atomic mass is 10.1. The summed E-state index contributed by atoms with van der Waals surface area (Å²) >= 11 is 3.35. The monoisotopic (exact) mass is 473 g/mol. The summed E-state index contributed by atoms with van der Waals surface area (Å²) in [5.41, 5.74) is 2.52. The third kappa shape index (κ3) is 5.21. The molecule has 2 aromatic carbocycles. The summed E-state index contributed by atoms with van der Waals surface area (Å²) in [6.45, 7) is 3.73. The second-order valence-corrected chi connectivity index (χ2v) is 9.13. The molecule has 1 amide bonds. The van der Waals surface area contributed by atoms with E-state index in [0.29, 0.717) is 10.2 Å². The van der Waals surface area contributed by atoms with Gasteiger partial charge in [0.15, 0.2) is 0 Å². The molecule has 0 radical (unpaired) electrons. The first-order chi connectivity index (χ1) is 13.8. The molecule has 1 atom stereocenters. The molecule has 0 saturated carbocycles. The van der Waals surface area contributed by atoms with E-state index in [9.17, 15) is 13.2 Å². The Bertz CT molecular complexity index is 1130. The lowest BCUT2D eigenvalue weighted by Gasteiger charge is -2.15. The number of carbonyl (C=O) groups excluding carboxylic acids is 1. The molecule has 0 aliphatic heterocycles. The van der Waals surface area contributed by atoms with Crippen LogP contribution < -0.4 is 10.0 Å². The van der Waals surface area contributed by atoms with E-state index in [-0.39, 0.29) is 22.4 Å². The summed E-state index contributed by atoms with van der Waals surface area (Å²) in [6.07, 6.45) is 3.31. The molecule has 0 aliphatic carbocycles. The standard InChI is InChI=1S/C21H20BrN3O3S/c1-14-6-7-19(22)20(12-14)25-29(27,28)18-5-3-4-17(13-18)21(26)24-15(2)16-8-10-23-11-9-16/h3-13,15,25H,1-2H3,(H,24,26). The SMILES string of the molecule is Cc1ccc(Br)c(NS(=O)(=O)c2cccc(C(=O)NC(C)c3ccncc3)c2)c1. The van der Waals surface area contributed by atoms with Crippen LogP contribution in [0.15, 0.2) is 76.4 Å². The zero-order valence-corrected chi connectivity index (χ0v) is 18.3. The van der Waals surface area contributed by atoms with Crippen LogP contribution in [-0.4, -0.2) is 19.3 Å². The van der Waals surface area contributed by atoms with E-state index in [1.807, 2.05) is 32.0 Å². The number of nitrogens with one attached hydrogen (secondary N) is 2. The van der Waals surface area contributed by atoms with Crippen molar-refractivity contribution in [2.75, 3.05) is 4.72 Å². The normalized spacial score (nSPS) is 12.2. The van der Waals surface area contributed by atoms with Crippen LogP contribution in [0, 0.1) is 6.92 Å². The Morgan fingerprint density at radius 2 is 1.79 bits per heavy atom. The number of hydrogen-bond donors (Lipinski definition) is 2. The first kappa shape index (κ1) is 21.0. The Balaban J connectivity index is 1.81. The average molecular weight is 474 g/mol. The Morgan fingerprint density at radius 3 is 2.52 bits per heavy atom. The molecule has 3 aromatic rings. The molecule has 0 saturated heterocycles. The van der Waals surface area contributed by atoms with E-state index < -0.39 is 10.0 Å². The van der Waals surface area contributed by atoms with E-state index in [1.54, 1.807) is 36.7 Å². The van der Waals surface area contributed by atoms with Crippen molar-refractivity contribution in [3.63, 3.8) is 0 Å². The minimum Gasteiger partial charge on any atom is -0.346 e. The number of benzene rings is 2. The van der Waals surface area contributed by atoms with Crippen LogP contribution in [0.4, 0.5) is 5.69 Å². The van der Waals surface area contributed by atoms with Gasteiger partial charge < -0.3 is 5.32 Å². The zero-order chi connectivity index (χ0) is 21.0. The molecule has 1 unspecified atom stereocenters. The summed E-state index contributed by atoms with van der Waals surface area (Å²) in [6, 6.07) is 14.7. The van der Waals surface area contributed by atoms with Crippen molar-refractivity contribution in [1.82, 2.24) is 10.3 Å². The van der Waals surface area contributed by atoms with Crippen molar-refractivity contribution in [2.24, 2.45) is 0 Å². The quantitative estimate of drug-likeness (QED) is 0.553. The molecule has 3 rings (SSSR count). The zero-order valence-electron chi connectivity index (χ0n) is 15.9. The minimum atomic E-state index is -3.86. The first-order valence-corrected chi connectivity index (χ1v) is 11.1. The number of nitrogens with zero attached hydrogens (tertiary/aromatic N) is 1. The molecule has 6 nitrogen and oxygen atoms in total. The van der Waals surface area contributed by atoms with Crippen molar-refractivity contribution in [3.8, 4) is 0 Å². The number of hydrogen-bond acceptors (Lipinski definition) is 4. The number of aryl methyl sites for hydroxylation is 1. The van der Waals surface area contributed by atoms with E-state index in [1.165, 1.54) is 12.1 Å². The van der Waals surface area contributed by atoms with Crippen LogP contribution in [0.3, 0.4) is 0 Å². The Labute approximate surface area is 178 Å². The van der Waals surface area contributed by atoms with Crippen molar-refractivity contribution in [1.29, 1.82) is 0 Å². The molecule has 1 aromatic heterocycles. The number of sulfonamides is 1. The predicted molar refractivity (Wildman–Crippen MR) is 116 cm³/mol. The maximum Gasteiger partial charge on any atom is 0.261 e. The number of rotatable bonds is 6. The van der Waals surface area contributed by atoms with Crippen LogP contribution in [0.25, 0.3) is 0 Å². The minimum absolute atomic E-state index is 0.00937. The number of carbonyl (C=O) groups is 1. The van der Waals surface area contributed by atoms with Gasteiger partial charge in [-0.3, -0.25) is 14.5 Å². The van der Waals surface area contributed by atoms with E-state index in [4.69, 9.17) is 0 Å². The second kappa shape index (κ2) is 8.75. The van der Waals surface area contributed by atoms with Crippen molar-refractivity contribution in [3.05, 3.63) is 88.2 Å². The Kier molecular flexibility index (Phi) is 6.34. The van der Waals surface area contributed by atoms with Gasteiger partial charge in [-0.1, -0.05) is 12.1 Å². The third-order valence-electron chi connectivity index (χ3n) is 4.33. The van der Waals surface area contributed by atoms with Crippen LogP contribution >= 0.6 is 15.9 Å². The summed E-state index contributed by atoms with van der Waals surface area (Å²) in [5, 5.41) is 2.87. The number of amides is 1. The summed E-state index contributed by atoms with van der Waals surface area (Å²) in [5.74, 6) is -0.358. The van der Waals surface area contributed by atoms with Gasteiger partial charge in [-0.15, -0.1) is 0 Å². The summed E-state index contributed by atoms with van der Waals surface area (Å²) in [4.78, 5) is 16.6. The highest BCUT2D eigenvalue weighted by atomic mass is 79.9. The summed E-state index contributed by atoms with van der Waals surface area (Å²) in [7, 11) is -3.86. The van der Waals surface area contributed by atoms with Crippen molar-refractivity contribution >= 4 is 37.5 Å². The highest BCUT2D eigenvalue weighted by molar-refractivity contribution is 9.10. The lowest BCUT2D eigenvalue weighted by Crippen LogP contribution is -2.27. The lowest BCUT2D eigenvalue weighted by molar-refractivity contribution is 0.0939. The van der Waals surface area contributed by atoms with Gasteiger partial charge in [-0.05, 0) is 83.4 Å². The highest BCUT2D eigenvalue weighted by Crippen LogP contribution is 2.26. The third-order valence-corrected chi connectivity index (χ3v) is 6.38. The van der Waals surface area contributed by atoms with Crippen molar-refractivity contribution < 1.29 is 13.2 Å². The molecule has 0 bridgehead atoms. The number of halogens is 1. The van der Waals surface area contributed by atoms with Gasteiger partial charge in [0, 0.05) is 22.4 Å². The molecule has 150 valence electrons. The van der Waals surface area contributed by atoms with E-state index in [0.717, 1.165) is 11.1 Å². The van der Waals surface area contributed by atoms with Gasteiger partial charge in [0.05, 0.1) is 16.6 Å². The molecular weight excluding hydrogens is 454 g/mol. The van der Waals surface area contributed by atoms with Gasteiger partial charge in [-0.25, -0.2) is 8.42 Å². The fourth-order valence-electron chi connectivity index (χ4n) is 2.74. The second-order valence-electron chi connectivity index (χ2n) is 6.59. The van der Waals surface area contributed by atoms with E-state index in [2.05, 4.69) is 31.0 Å². The fourth-order valence-corrected chi connectivity index (χ4v) is 4.33. The smallest absolute Gasteiger partial charge is 0.261 e. The molecule has 0 fully saturated rings. The van der Waals surface area contributed by atoms with Gasteiger partial charge in [0.1, 0.15) is 0 Å². The van der Waals surface area contributed by atoms with Gasteiger partial charge >= 0.3 is 0 Å². The van der Waals surface area contributed by atoms with Crippen LogP contribution in [0.2, 0.25) is 0 Å². The average Bonchev–Trinajstić information content (AvgIpc) is 2.71. The Hall–Kier alpha value is -2.71. The number of aromatic nitrogens is 1. The molecule has 1 heterocycles. The van der Waals surface area contributed by atoms with Crippen LogP contribution in [0.5, 0.6) is 0 Å². The highest BCUT2D eigenvalue weighted by Gasteiger charge is 2.19. The van der Waals surface area contributed by atoms with Crippen LogP contribution in [-0.2, 0) is 10.0 Å². The van der Waals surface area contributed by atoms with Crippen LogP contribution in [0.1, 0.15) is 34.5 Å². The van der Waals surface area contributed by atoms with Gasteiger partial charge in [-0.2, -0.15) is 0 Å².